The Labute approximate surface area is 296 Å². The lowest BCUT2D eigenvalue weighted by molar-refractivity contribution is 0.0641. The monoisotopic (exact) mass is 701 g/mol. The Hall–Kier alpha value is -3.44. The Bertz CT molecular complexity index is 1570. The van der Waals surface area contributed by atoms with Gasteiger partial charge in [-0.3, -0.25) is 20.5 Å². The molecule has 0 unspecified atom stereocenters. The Kier molecular flexibility index (Phi) is 16.9. The largest absolute Gasteiger partial charge is 0.384 e. The first-order valence-electron chi connectivity index (χ1n) is 15.5. The number of amidine groups is 1. The van der Waals surface area contributed by atoms with E-state index in [1.165, 1.54) is 5.56 Å². The van der Waals surface area contributed by atoms with Crippen LogP contribution < -0.4 is 11.2 Å². The van der Waals surface area contributed by atoms with Gasteiger partial charge >= 0.3 is 0 Å². The van der Waals surface area contributed by atoms with Crippen LogP contribution in [0.25, 0.3) is 17.1 Å². The lowest BCUT2D eigenvalue weighted by atomic mass is 10.1. The van der Waals surface area contributed by atoms with Gasteiger partial charge in [0.1, 0.15) is 11.7 Å². The zero-order chi connectivity index (χ0) is 30.7. The molecule has 47 heavy (non-hydrogen) atoms. The van der Waals surface area contributed by atoms with Crippen LogP contribution >= 0.6 is 37.2 Å². The van der Waals surface area contributed by atoms with Crippen molar-refractivity contribution in [1.29, 1.82) is 5.41 Å². The first-order chi connectivity index (χ1) is 21.5. The third-order valence-corrected chi connectivity index (χ3v) is 7.97. The number of aromatic nitrogens is 2. The van der Waals surface area contributed by atoms with Crippen LogP contribution in [0.4, 0.5) is 0 Å². The highest BCUT2D eigenvalue weighted by Crippen LogP contribution is 2.21. The van der Waals surface area contributed by atoms with Crippen molar-refractivity contribution in [2.75, 3.05) is 45.9 Å². The summed E-state index contributed by atoms with van der Waals surface area (Å²) in [6.45, 7) is 8.44. The van der Waals surface area contributed by atoms with Gasteiger partial charge in [0, 0.05) is 70.0 Å². The van der Waals surface area contributed by atoms with Gasteiger partial charge in [-0.25, -0.2) is 9.99 Å². The van der Waals surface area contributed by atoms with E-state index in [4.69, 9.17) is 20.9 Å². The number of piperazine rings is 1. The highest BCUT2D eigenvalue weighted by atomic mass is 35.5. The van der Waals surface area contributed by atoms with Crippen LogP contribution in [0.5, 0.6) is 0 Å². The maximum Gasteiger partial charge on any atom is 0.265 e. The molecule has 254 valence electrons. The van der Waals surface area contributed by atoms with Crippen molar-refractivity contribution in [3.05, 3.63) is 107 Å². The van der Waals surface area contributed by atoms with Gasteiger partial charge in [-0.2, -0.15) is 0 Å². The van der Waals surface area contributed by atoms with E-state index in [2.05, 4.69) is 39.2 Å². The number of nitrogens with two attached hydrogens (primary N) is 1. The summed E-state index contributed by atoms with van der Waals surface area (Å²) < 4.78 is 7.84. The second-order valence-corrected chi connectivity index (χ2v) is 11.1. The molecule has 4 N–H and O–H groups in total. The highest BCUT2D eigenvalue weighted by Gasteiger charge is 2.19. The van der Waals surface area contributed by atoms with Gasteiger partial charge < -0.3 is 15.0 Å². The summed E-state index contributed by atoms with van der Waals surface area (Å²) in [4.78, 5) is 20.6. The van der Waals surface area contributed by atoms with E-state index in [9.17, 15) is 4.79 Å². The number of aryl methyl sites for hydroxylation is 3. The number of hydrogen-bond acceptors (Lipinski definition) is 6. The Morgan fingerprint density at radius 2 is 1.66 bits per heavy atom. The van der Waals surface area contributed by atoms with E-state index >= 15 is 0 Å². The number of carbonyl (C=O) groups excluding carboxylic acids is 1. The molecule has 1 fully saturated rings. The molecule has 5 rings (SSSR count). The van der Waals surface area contributed by atoms with Gasteiger partial charge in [-0.15, -0.1) is 37.2 Å². The number of ether oxygens (including phenoxy) is 1. The fraction of sp³-hybridized carbons (Fsp3) is 0.343. The summed E-state index contributed by atoms with van der Waals surface area (Å²) in [7, 11) is 0. The SMILES string of the molecule is CCOCCCn1c(CCc2ccc(C(=N)N)cc2)nc2cc(C(=O)NN3CCN(CC=Cc4ccccc4)CC3)ccc21.Cl.Cl.Cl. The second-order valence-electron chi connectivity index (χ2n) is 11.1. The number of nitrogens with one attached hydrogen (secondary N) is 2. The number of hydrogen-bond donors (Lipinski definition) is 3. The molecule has 4 aromatic rings. The summed E-state index contributed by atoms with van der Waals surface area (Å²) in [5, 5.41) is 9.63. The molecular weight excluding hydrogens is 657 g/mol. The molecule has 0 bridgehead atoms. The molecule has 0 saturated carbocycles. The predicted molar refractivity (Wildman–Crippen MR) is 198 cm³/mol. The summed E-state index contributed by atoms with van der Waals surface area (Å²) in [5.74, 6) is 0.950. The molecule has 0 aliphatic carbocycles. The minimum absolute atomic E-state index is 0. The number of nitrogens with zero attached hydrogens (tertiary/aromatic N) is 4. The summed E-state index contributed by atoms with van der Waals surface area (Å²) in [5.41, 5.74) is 14.3. The van der Waals surface area contributed by atoms with Gasteiger partial charge in [0.05, 0.1) is 11.0 Å². The lowest BCUT2D eigenvalue weighted by Gasteiger charge is -2.34. The van der Waals surface area contributed by atoms with Crippen LogP contribution in [0.15, 0.2) is 78.9 Å². The average Bonchev–Trinajstić information content (AvgIpc) is 3.40. The van der Waals surface area contributed by atoms with Gasteiger partial charge in [0.25, 0.3) is 5.91 Å². The number of fused-ring (bicyclic) bond motifs is 1. The van der Waals surface area contributed by atoms with Crippen LogP contribution in [0.1, 0.15) is 46.2 Å². The fourth-order valence-electron chi connectivity index (χ4n) is 5.49. The molecule has 3 aromatic carbocycles. The Morgan fingerprint density at radius 3 is 2.34 bits per heavy atom. The number of amides is 1. The lowest BCUT2D eigenvalue weighted by Crippen LogP contribution is -2.53. The van der Waals surface area contributed by atoms with Crippen molar-refractivity contribution in [2.24, 2.45) is 5.73 Å². The zero-order valence-corrected chi connectivity index (χ0v) is 29.2. The number of carbonyl (C=O) groups is 1. The number of halogens is 3. The molecule has 0 radical (unpaired) electrons. The van der Waals surface area contributed by atoms with Crippen molar-refractivity contribution in [3.63, 3.8) is 0 Å². The van der Waals surface area contributed by atoms with E-state index < -0.39 is 0 Å². The highest BCUT2D eigenvalue weighted by molar-refractivity contribution is 5.97. The third kappa shape index (κ3) is 11.3. The minimum atomic E-state index is -0.109. The summed E-state index contributed by atoms with van der Waals surface area (Å²) >= 11 is 0. The van der Waals surface area contributed by atoms with Crippen molar-refractivity contribution < 1.29 is 9.53 Å². The first kappa shape index (κ1) is 39.7. The number of benzene rings is 3. The molecule has 1 aliphatic rings. The minimum Gasteiger partial charge on any atom is -0.384 e. The number of nitrogen functional groups attached to an aromatic ring is 1. The third-order valence-electron chi connectivity index (χ3n) is 7.97. The van der Waals surface area contributed by atoms with Crippen LogP contribution in [-0.4, -0.2) is 77.1 Å². The van der Waals surface area contributed by atoms with E-state index in [1.54, 1.807) is 0 Å². The van der Waals surface area contributed by atoms with E-state index in [0.29, 0.717) is 18.8 Å². The summed E-state index contributed by atoms with van der Waals surface area (Å²) in [6.07, 6.45) is 6.81. The van der Waals surface area contributed by atoms with Crippen molar-refractivity contribution in [1.82, 2.24) is 24.9 Å². The maximum atomic E-state index is 13.2. The van der Waals surface area contributed by atoms with Gasteiger partial charge in [0.15, 0.2) is 0 Å². The van der Waals surface area contributed by atoms with E-state index in [0.717, 1.165) is 86.5 Å². The van der Waals surface area contributed by atoms with Crippen molar-refractivity contribution in [3.8, 4) is 0 Å². The average molecular weight is 703 g/mol. The van der Waals surface area contributed by atoms with Crippen molar-refractivity contribution in [2.45, 2.75) is 32.7 Å². The Balaban J connectivity index is 0.00000256. The number of rotatable bonds is 14. The quantitative estimate of drug-likeness (QED) is 0.0874. The second kappa shape index (κ2) is 20.0. The molecule has 0 spiro atoms. The topological polar surface area (TPSA) is 112 Å². The van der Waals surface area contributed by atoms with Crippen LogP contribution in [0, 0.1) is 5.41 Å². The molecule has 1 aromatic heterocycles. The molecule has 1 aliphatic heterocycles. The van der Waals surface area contributed by atoms with Gasteiger partial charge in [-0.05, 0) is 49.1 Å². The van der Waals surface area contributed by atoms with Gasteiger partial charge in [-0.1, -0.05) is 66.7 Å². The van der Waals surface area contributed by atoms with E-state index in [-0.39, 0.29) is 49.0 Å². The molecule has 12 heteroatoms. The van der Waals surface area contributed by atoms with Crippen molar-refractivity contribution >= 4 is 66.1 Å². The predicted octanol–water partition coefficient (Wildman–Crippen LogP) is 5.77. The normalized spacial score (nSPS) is 13.5. The van der Waals surface area contributed by atoms with Crippen LogP contribution in [0.2, 0.25) is 0 Å². The zero-order valence-electron chi connectivity index (χ0n) is 26.8. The maximum absolute atomic E-state index is 13.2. The molecule has 1 saturated heterocycles. The summed E-state index contributed by atoms with van der Waals surface area (Å²) in [6, 6.07) is 23.9. The smallest absolute Gasteiger partial charge is 0.265 e. The first-order valence-corrected chi connectivity index (χ1v) is 15.5. The number of imidazole rings is 1. The van der Waals surface area contributed by atoms with Crippen LogP contribution in [-0.2, 0) is 24.1 Å². The van der Waals surface area contributed by atoms with E-state index in [1.807, 2.05) is 72.6 Å². The molecule has 9 nitrogen and oxygen atoms in total. The molecular formula is C35H46Cl3N7O2. The van der Waals surface area contributed by atoms with Gasteiger partial charge in [0.2, 0.25) is 0 Å². The fourth-order valence-corrected chi connectivity index (χ4v) is 5.49. The van der Waals surface area contributed by atoms with Crippen LogP contribution in [0.3, 0.4) is 0 Å². The molecule has 2 heterocycles. The Morgan fingerprint density at radius 1 is 0.957 bits per heavy atom. The molecule has 1 amide bonds. The molecule has 0 atom stereocenters. The number of hydrazine groups is 1. The standard InChI is InChI=1S/C35H43N7O2.3ClH/c1-2-44-25-7-20-42-32-17-16-30(26-31(32)38-33(42)18-13-28-11-14-29(15-12-28)34(36)37)35(43)39-41-23-21-40(22-24-41)19-6-10-27-8-4-3-5-9-27;;;/h3-6,8-12,14-17,26H,2,7,13,18-25H2,1H3,(H3,36,37)(H,39,43);3*1H.